The van der Waals surface area contributed by atoms with Crippen molar-refractivity contribution in [2.75, 3.05) is 0 Å². The topological polar surface area (TPSA) is 70.9 Å². The first-order valence-corrected chi connectivity index (χ1v) is 4.81. The molecule has 0 aliphatic rings. The number of H-pyrrole nitrogens is 1. The predicted octanol–water partition coefficient (Wildman–Crippen LogP) is 1.33. The highest BCUT2D eigenvalue weighted by molar-refractivity contribution is 5.91. The highest BCUT2D eigenvalue weighted by Crippen LogP contribution is 2.01. The second kappa shape index (κ2) is 4.97. The SMILES string of the molecule is O=C(C=Cc1ccco1)NCc1cnc[nH]1. The first-order valence-electron chi connectivity index (χ1n) is 4.81. The molecule has 0 atom stereocenters. The van der Waals surface area contributed by atoms with Gasteiger partial charge in [-0.15, -0.1) is 0 Å². The summed E-state index contributed by atoms with van der Waals surface area (Å²) < 4.78 is 5.05. The molecule has 82 valence electrons. The molecule has 0 saturated heterocycles. The van der Waals surface area contributed by atoms with Crippen molar-refractivity contribution in [1.29, 1.82) is 0 Å². The summed E-state index contributed by atoms with van der Waals surface area (Å²) in [6.45, 7) is 0.432. The molecule has 5 heteroatoms. The molecule has 0 bridgehead atoms. The van der Waals surface area contributed by atoms with Crippen molar-refractivity contribution in [3.8, 4) is 0 Å². The summed E-state index contributed by atoms with van der Waals surface area (Å²) in [6, 6.07) is 3.54. The van der Waals surface area contributed by atoms with Gasteiger partial charge in [0.25, 0.3) is 0 Å². The van der Waals surface area contributed by atoms with Crippen molar-refractivity contribution in [1.82, 2.24) is 15.3 Å². The number of aromatic nitrogens is 2. The van der Waals surface area contributed by atoms with Crippen molar-refractivity contribution in [3.05, 3.63) is 48.5 Å². The summed E-state index contributed by atoms with van der Waals surface area (Å²) in [6.07, 6.45) is 7.83. The molecule has 0 fully saturated rings. The van der Waals surface area contributed by atoms with Crippen molar-refractivity contribution >= 4 is 12.0 Å². The number of carbonyl (C=O) groups excluding carboxylic acids is 1. The van der Waals surface area contributed by atoms with Crippen LogP contribution in [0, 0.1) is 0 Å². The van der Waals surface area contributed by atoms with Gasteiger partial charge in [0, 0.05) is 12.3 Å². The minimum Gasteiger partial charge on any atom is -0.465 e. The van der Waals surface area contributed by atoms with Crippen molar-refractivity contribution < 1.29 is 9.21 Å². The lowest BCUT2D eigenvalue weighted by Crippen LogP contribution is -2.20. The Labute approximate surface area is 92.2 Å². The molecular formula is C11H11N3O2. The van der Waals surface area contributed by atoms with E-state index < -0.39 is 0 Å². The molecule has 0 radical (unpaired) electrons. The van der Waals surface area contributed by atoms with E-state index in [1.807, 2.05) is 0 Å². The van der Waals surface area contributed by atoms with Gasteiger partial charge in [-0.1, -0.05) is 0 Å². The van der Waals surface area contributed by atoms with Gasteiger partial charge in [0.2, 0.25) is 5.91 Å². The summed E-state index contributed by atoms with van der Waals surface area (Å²) in [4.78, 5) is 18.1. The van der Waals surface area contributed by atoms with Gasteiger partial charge in [-0.25, -0.2) is 4.98 Å². The molecule has 16 heavy (non-hydrogen) atoms. The fraction of sp³-hybridized carbons (Fsp3) is 0.0909. The van der Waals surface area contributed by atoms with E-state index in [1.165, 1.54) is 6.08 Å². The number of imidazole rings is 1. The summed E-state index contributed by atoms with van der Waals surface area (Å²) in [5.41, 5.74) is 0.861. The van der Waals surface area contributed by atoms with Crippen molar-refractivity contribution in [2.45, 2.75) is 6.54 Å². The Morgan fingerprint density at radius 3 is 3.25 bits per heavy atom. The quantitative estimate of drug-likeness (QED) is 0.759. The maximum absolute atomic E-state index is 11.4. The van der Waals surface area contributed by atoms with Gasteiger partial charge < -0.3 is 14.7 Å². The molecule has 0 unspecified atom stereocenters. The van der Waals surface area contributed by atoms with Gasteiger partial charge in [-0.05, 0) is 18.2 Å². The second-order valence-corrected chi connectivity index (χ2v) is 3.14. The summed E-state index contributed by atoms with van der Waals surface area (Å²) in [5.74, 6) is 0.475. The summed E-state index contributed by atoms with van der Waals surface area (Å²) in [7, 11) is 0. The maximum atomic E-state index is 11.4. The van der Waals surface area contributed by atoms with E-state index in [-0.39, 0.29) is 5.91 Å². The van der Waals surface area contributed by atoms with Crippen LogP contribution in [0.4, 0.5) is 0 Å². The fourth-order valence-electron chi connectivity index (χ4n) is 1.17. The van der Waals surface area contributed by atoms with E-state index >= 15 is 0 Å². The number of furan rings is 1. The van der Waals surface area contributed by atoms with Gasteiger partial charge in [0.05, 0.1) is 24.8 Å². The van der Waals surface area contributed by atoms with Crippen LogP contribution >= 0.6 is 0 Å². The summed E-state index contributed by atoms with van der Waals surface area (Å²) >= 11 is 0. The molecule has 2 aromatic heterocycles. The number of rotatable bonds is 4. The number of amides is 1. The number of nitrogens with zero attached hydrogens (tertiary/aromatic N) is 1. The molecule has 5 nitrogen and oxygen atoms in total. The average molecular weight is 217 g/mol. The standard InChI is InChI=1S/C11H11N3O2/c15-11(4-3-10-2-1-5-16-10)13-7-9-6-12-8-14-9/h1-6,8H,7H2,(H,12,14)(H,13,15). The van der Waals surface area contributed by atoms with E-state index in [2.05, 4.69) is 15.3 Å². The number of nitrogens with one attached hydrogen (secondary N) is 2. The lowest BCUT2D eigenvalue weighted by atomic mass is 10.4. The van der Waals surface area contributed by atoms with Crippen LogP contribution in [0.25, 0.3) is 6.08 Å². The number of hydrogen-bond acceptors (Lipinski definition) is 3. The van der Waals surface area contributed by atoms with Gasteiger partial charge in [0.15, 0.2) is 0 Å². The normalized spacial score (nSPS) is 10.8. The summed E-state index contributed by atoms with van der Waals surface area (Å²) in [5, 5.41) is 2.71. The Hall–Kier alpha value is -2.30. The van der Waals surface area contributed by atoms with E-state index in [1.54, 1.807) is 37.0 Å². The van der Waals surface area contributed by atoms with Crippen LogP contribution in [0.3, 0.4) is 0 Å². The monoisotopic (exact) mass is 217 g/mol. The number of aromatic amines is 1. The molecule has 0 aliphatic heterocycles. The van der Waals surface area contributed by atoms with Crippen LogP contribution in [0.5, 0.6) is 0 Å². The van der Waals surface area contributed by atoms with Gasteiger partial charge in [-0.2, -0.15) is 0 Å². The molecule has 2 N–H and O–H groups in total. The molecule has 0 aromatic carbocycles. The largest absolute Gasteiger partial charge is 0.465 e. The third-order valence-corrected chi connectivity index (χ3v) is 1.95. The Bertz CT molecular complexity index is 457. The molecule has 2 aromatic rings. The van der Waals surface area contributed by atoms with Crippen LogP contribution in [0.15, 0.2) is 41.4 Å². The Morgan fingerprint density at radius 2 is 2.56 bits per heavy atom. The smallest absolute Gasteiger partial charge is 0.244 e. The average Bonchev–Trinajstić information content (AvgIpc) is 2.96. The van der Waals surface area contributed by atoms with E-state index in [9.17, 15) is 4.79 Å². The fourth-order valence-corrected chi connectivity index (χ4v) is 1.17. The van der Waals surface area contributed by atoms with Crippen LogP contribution in [-0.4, -0.2) is 15.9 Å². The predicted molar refractivity (Wildman–Crippen MR) is 58.2 cm³/mol. The van der Waals surface area contributed by atoms with Crippen molar-refractivity contribution in [3.63, 3.8) is 0 Å². The number of carbonyl (C=O) groups is 1. The lowest BCUT2D eigenvalue weighted by molar-refractivity contribution is -0.116. The van der Waals surface area contributed by atoms with Gasteiger partial charge >= 0.3 is 0 Å². The van der Waals surface area contributed by atoms with Gasteiger partial charge in [-0.3, -0.25) is 4.79 Å². The molecule has 0 spiro atoms. The van der Waals surface area contributed by atoms with Crippen LogP contribution in [-0.2, 0) is 11.3 Å². The van der Waals surface area contributed by atoms with E-state index in [0.29, 0.717) is 12.3 Å². The Morgan fingerprint density at radius 1 is 1.62 bits per heavy atom. The zero-order chi connectivity index (χ0) is 11.2. The zero-order valence-corrected chi connectivity index (χ0v) is 8.51. The maximum Gasteiger partial charge on any atom is 0.244 e. The third-order valence-electron chi connectivity index (χ3n) is 1.95. The molecule has 0 saturated carbocycles. The molecule has 1 amide bonds. The number of hydrogen-bond donors (Lipinski definition) is 2. The zero-order valence-electron chi connectivity index (χ0n) is 8.51. The molecule has 0 aliphatic carbocycles. The van der Waals surface area contributed by atoms with E-state index in [0.717, 1.165) is 5.69 Å². The van der Waals surface area contributed by atoms with Crippen LogP contribution < -0.4 is 5.32 Å². The second-order valence-electron chi connectivity index (χ2n) is 3.14. The first-order chi connectivity index (χ1) is 7.84. The van der Waals surface area contributed by atoms with Crippen LogP contribution in [0.1, 0.15) is 11.5 Å². The Kier molecular flexibility index (Phi) is 3.18. The highest BCUT2D eigenvalue weighted by Gasteiger charge is 1.97. The highest BCUT2D eigenvalue weighted by atomic mass is 16.3. The molecule has 2 heterocycles. The third kappa shape index (κ3) is 2.84. The first kappa shape index (κ1) is 10.2. The molecular weight excluding hydrogens is 206 g/mol. The van der Waals surface area contributed by atoms with Crippen LogP contribution in [0.2, 0.25) is 0 Å². The van der Waals surface area contributed by atoms with E-state index in [4.69, 9.17) is 4.42 Å². The molecule has 2 rings (SSSR count). The minimum atomic E-state index is -0.175. The van der Waals surface area contributed by atoms with Crippen molar-refractivity contribution in [2.24, 2.45) is 0 Å². The van der Waals surface area contributed by atoms with Gasteiger partial charge in [0.1, 0.15) is 5.76 Å². The lowest BCUT2D eigenvalue weighted by Gasteiger charge is -1.97. The Balaban J connectivity index is 1.81. The minimum absolute atomic E-state index is 0.175.